The quantitative estimate of drug-likeness (QED) is 0.901. The molecule has 0 saturated carbocycles. The van der Waals surface area contributed by atoms with Gasteiger partial charge in [0.2, 0.25) is 0 Å². The van der Waals surface area contributed by atoms with Crippen molar-refractivity contribution in [3.63, 3.8) is 0 Å². The molecule has 0 radical (unpaired) electrons. The first-order chi connectivity index (χ1) is 11.6. The molecule has 24 heavy (non-hydrogen) atoms. The summed E-state index contributed by atoms with van der Waals surface area (Å²) in [6, 6.07) is 14.9. The van der Waals surface area contributed by atoms with Gasteiger partial charge in [-0.3, -0.25) is 9.80 Å². The Morgan fingerprint density at radius 2 is 1.88 bits per heavy atom. The van der Waals surface area contributed by atoms with Crippen molar-refractivity contribution in [3.8, 4) is 0 Å². The molecule has 2 heterocycles. The molecule has 0 spiro atoms. The average Bonchev–Trinajstić information content (AvgIpc) is 3.03. The Balaban J connectivity index is 1.75. The van der Waals surface area contributed by atoms with Crippen LogP contribution in [0.25, 0.3) is 0 Å². The van der Waals surface area contributed by atoms with E-state index in [4.69, 9.17) is 0 Å². The Kier molecular flexibility index (Phi) is 5.40. The van der Waals surface area contributed by atoms with E-state index in [0.717, 1.165) is 25.9 Å². The summed E-state index contributed by atoms with van der Waals surface area (Å²) in [6.07, 6.45) is 1.65. The van der Waals surface area contributed by atoms with Crippen molar-refractivity contribution in [2.24, 2.45) is 0 Å². The molecule has 0 amide bonds. The second-order valence-electron chi connectivity index (χ2n) is 6.91. The maximum absolute atomic E-state index is 11.1. The van der Waals surface area contributed by atoms with Crippen molar-refractivity contribution in [3.05, 3.63) is 57.8 Å². The first-order valence-corrected chi connectivity index (χ1v) is 9.59. The van der Waals surface area contributed by atoms with Crippen molar-refractivity contribution in [1.29, 1.82) is 0 Å². The summed E-state index contributed by atoms with van der Waals surface area (Å²) in [5.41, 5.74) is 0.924. The molecule has 0 aliphatic carbocycles. The number of aryl methyl sites for hydroxylation is 1. The molecule has 1 aliphatic heterocycles. The summed E-state index contributed by atoms with van der Waals surface area (Å²) >= 11 is 1.90. The van der Waals surface area contributed by atoms with Crippen molar-refractivity contribution in [2.45, 2.75) is 38.0 Å². The van der Waals surface area contributed by atoms with Gasteiger partial charge in [-0.15, -0.1) is 11.3 Å². The summed E-state index contributed by atoms with van der Waals surface area (Å²) in [4.78, 5) is 7.43. The molecule has 1 aliphatic rings. The topological polar surface area (TPSA) is 26.7 Å². The van der Waals surface area contributed by atoms with Gasteiger partial charge in [-0.1, -0.05) is 37.3 Å². The van der Waals surface area contributed by atoms with Crippen molar-refractivity contribution >= 4 is 11.3 Å². The highest BCUT2D eigenvalue weighted by atomic mass is 32.1. The zero-order chi connectivity index (χ0) is 17.2. The molecule has 3 nitrogen and oxygen atoms in total. The summed E-state index contributed by atoms with van der Waals surface area (Å²) < 4.78 is 0. The Bertz CT molecular complexity index is 655. The number of nitrogens with zero attached hydrogens (tertiary/aromatic N) is 2. The van der Waals surface area contributed by atoms with E-state index < -0.39 is 6.10 Å². The third kappa shape index (κ3) is 3.29. The van der Waals surface area contributed by atoms with Gasteiger partial charge in [-0.05, 0) is 44.6 Å². The maximum atomic E-state index is 11.1. The zero-order valence-corrected chi connectivity index (χ0v) is 15.7. The number of hydrogen-bond donors (Lipinski definition) is 1. The van der Waals surface area contributed by atoms with Crippen LogP contribution in [0.5, 0.6) is 0 Å². The summed E-state index contributed by atoms with van der Waals surface area (Å²) in [5.74, 6) is 0. The largest absolute Gasteiger partial charge is 0.389 e. The minimum absolute atomic E-state index is 0.290. The van der Waals surface area contributed by atoms with E-state index in [1.807, 2.05) is 17.4 Å². The van der Waals surface area contributed by atoms with Crippen LogP contribution in [0.4, 0.5) is 0 Å². The van der Waals surface area contributed by atoms with Gasteiger partial charge < -0.3 is 5.11 Å². The minimum Gasteiger partial charge on any atom is -0.389 e. The second-order valence-corrected chi connectivity index (χ2v) is 8.16. The first kappa shape index (κ1) is 17.6. The lowest BCUT2D eigenvalue weighted by molar-refractivity contribution is -0.0700. The number of likely N-dealkylation sites (N-methyl/N-ethyl adjacent to an activating group) is 1. The number of rotatable bonds is 5. The Labute approximate surface area is 149 Å². The molecular formula is C20H28N2OS. The van der Waals surface area contributed by atoms with Crippen LogP contribution < -0.4 is 0 Å². The van der Waals surface area contributed by atoms with E-state index in [2.05, 4.69) is 67.2 Å². The summed E-state index contributed by atoms with van der Waals surface area (Å²) in [7, 11) is 4.16. The fourth-order valence-electron chi connectivity index (χ4n) is 3.89. The fourth-order valence-corrected chi connectivity index (χ4v) is 4.89. The Morgan fingerprint density at radius 1 is 1.17 bits per heavy atom. The van der Waals surface area contributed by atoms with E-state index in [1.54, 1.807) is 0 Å². The van der Waals surface area contributed by atoms with E-state index in [1.165, 1.54) is 15.3 Å². The van der Waals surface area contributed by atoms with E-state index in [0.29, 0.717) is 6.54 Å². The minimum atomic E-state index is -0.394. The standard InChI is InChI=1S/C20H28N2OS/c1-4-17-10-11-18(24-17)14-22-13-12-20(21(2)3,19(23)15-22)16-8-6-5-7-9-16/h5-11,19,23H,4,12-15H2,1-3H3/t19-,20+/m1/s1. The van der Waals surface area contributed by atoms with Crippen LogP contribution in [-0.4, -0.2) is 48.2 Å². The number of benzene rings is 1. The van der Waals surface area contributed by atoms with Crippen molar-refractivity contribution in [2.75, 3.05) is 27.2 Å². The van der Waals surface area contributed by atoms with E-state index >= 15 is 0 Å². The number of thiophene rings is 1. The molecule has 130 valence electrons. The number of aliphatic hydroxyl groups excluding tert-OH is 1. The van der Waals surface area contributed by atoms with Crippen LogP contribution in [0.2, 0.25) is 0 Å². The zero-order valence-electron chi connectivity index (χ0n) is 14.9. The highest BCUT2D eigenvalue weighted by molar-refractivity contribution is 7.11. The molecule has 4 heteroatoms. The van der Waals surface area contributed by atoms with Crippen molar-refractivity contribution < 1.29 is 5.11 Å². The predicted molar refractivity (Wildman–Crippen MR) is 101 cm³/mol. The first-order valence-electron chi connectivity index (χ1n) is 8.77. The number of piperidine rings is 1. The molecule has 1 aromatic heterocycles. The monoisotopic (exact) mass is 344 g/mol. The molecule has 2 atom stereocenters. The highest BCUT2D eigenvalue weighted by Crippen LogP contribution is 2.38. The number of β-amino-alcohol motifs (C(OH)–C–C–N with tert-alkyl or cyclic N) is 1. The SMILES string of the molecule is CCc1ccc(CN2CC[C@@](c3ccccc3)(N(C)C)[C@H](O)C2)s1. The van der Waals surface area contributed by atoms with Crippen LogP contribution in [0, 0.1) is 0 Å². The van der Waals surface area contributed by atoms with Gasteiger partial charge in [-0.25, -0.2) is 0 Å². The van der Waals surface area contributed by atoms with Gasteiger partial charge in [0.15, 0.2) is 0 Å². The lowest BCUT2D eigenvalue weighted by Crippen LogP contribution is -2.59. The third-order valence-electron chi connectivity index (χ3n) is 5.31. The van der Waals surface area contributed by atoms with Gasteiger partial charge in [0, 0.05) is 29.4 Å². The number of aliphatic hydroxyl groups is 1. The van der Waals surface area contributed by atoms with Gasteiger partial charge in [0.05, 0.1) is 11.6 Å². The molecule has 1 N–H and O–H groups in total. The normalized spacial score (nSPS) is 25.3. The molecule has 1 aromatic carbocycles. The lowest BCUT2D eigenvalue weighted by atomic mass is 9.77. The lowest BCUT2D eigenvalue weighted by Gasteiger charge is -2.49. The van der Waals surface area contributed by atoms with Crippen LogP contribution in [0.1, 0.15) is 28.7 Å². The smallest absolute Gasteiger partial charge is 0.0892 e. The number of likely N-dealkylation sites (tertiary alicyclic amines) is 1. The summed E-state index contributed by atoms with van der Waals surface area (Å²) in [5, 5.41) is 11.1. The van der Waals surface area contributed by atoms with E-state index in [-0.39, 0.29) is 5.54 Å². The van der Waals surface area contributed by atoms with Crippen LogP contribution in [0.3, 0.4) is 0 Å². The van der Waals surface area contributed by atoms with E-state index in [9.17, 15) is 5.11 Å². The van der Waals surface area contributed by atoms with Crippen LogP contribution >= 0.6 is 11.3 Å². The molecule has 0 unspecified atom stereocenters. The maximum Gasteiger partial charge on any atom is 0.0892 e. The Hall–Kier alpha value is -1.20. The number of hydrogen-bond acceptors (Lipinski definition) is 4. The summed E-state index contributed by atoms with van der Waals surface area (Å²) in [6.45, 7) is 4.86. The molecular weight excluding hydrogens is 316 g/mol. The third-order valence-corrected chi connectivity index (χ3v) is 6.52. The molecule has 2 aromatic rings. The van der Waals surface area contributed by atoms with Crippen LogP contribution in [-0.2, 0) is 18.5 Å². The van der Waals surface area contributed by atoms with Gasteiger partial charge in [-0.2, -0.15) is 0 Å². The predicted octanol–water partition coefficient (Wildman–Crippen LogP) is 3.33. The molecule has 3 rings (SSSR count). The second kappa shape index (κ2) is 7.36. The van der Waals surface area contributed by atoms with Gasteiger partial charge in [0.25, 0.3) is 0 Å². The highest BCUT2D eigenvalue weighted by Gasteiger charge is 2.45. The molecule has 1 saturated heterocycles. The Morgan fingerprint density at radius 3 is 2.46 bits per heavy atom. The van der Waals surface area contributed by atoms with Gasteiger partial charge >= 0.3 is 0 Å². The molecule has 0 bridgehead atoms. The fraction of sp³-hybridized carbons (Fsp3) is 0.500. The average molecular weight is 345 g/mol. The molecule has 1 fully saturated rings. The van der Waals surface area contributed by atoms with Gasteiger partial charge in [0.1, 0.15) is 0 Å². The van der Waals surface area contributed by atoms with Crippen LogP contribution in [0.15, 0.2) is 42.5 Å². The van der Waals surface area contributed by atoms with Crippen molar-refractivity contribution in [1.82, 2.24) is 9.80 Å².